The van der Waals surface area contributed by atoms with E-state index in [2.05, 4.69) is 9.83 Å². The molecule has 0 atom stereocenters. The van der Waals surface area contributed by atoms with Gasteiger partial charge in [-0.15, -0.1) is 4.98 Å². The van der Waals surface area contributed by atoms with Crippen molar-refractivity contribution >= 4 is 17.4 Å². The van der Waals surface area contributed by atoms with E-state index in [-0.39, 0.29) is 5.41 Å². The zero-order valence-corrected chi connectivity index (χ0v) is 8.68. The standard InChI is InChI=1S/C10H11ClN2/c1-10(2,3)8-5-7(11)6-9(12-4)13-8/h5-6H,1-3H3. The first-order valence-corrected chi connectivity index (χ1v) is 4.37. The molecular formula is C10H11ClN2. The van der Waals surface area contributed by atoms with Crippen molar-refractivity contribution in [2.75, 3.05) is 0 Å². The Morgan fingerprint density at radius 3 is 2.46 bits per heavy atom. The second-order valence-corrected chi connectivity index (χ2v) is 4.33. The number of hydrogen-bond acceptors (Lipinski definition) is 1. The first-order valence-electron chi connectivity index (χ1n) is 3.99. The average Bonchev–Trinajstić information content (AvgIpc) is 2.01. The zero-order valence-electron chi connectivity index (χ0n) is 7.93. The molecule has 0 fully saturated rings. The van der Waals surface area contributed by atoms with Gasteiger partial charge in [-0.1, -0.05) is 38.9 Å². The third kappa shape index (κ3) is 2.43. The zero-order chi connectivity index (χ0) is 10.1. The smallest absolute Gasteiger partial charge is 0.271 e. The normalized spacial score (nSPS) is 11.0. The van der Waals surface area contributed by atoms with Crippen LogP contribution in [0, 0.1) is 6.57 Å². The average molecular weight is 195 g/mol. The molecule has 68 valence electrons. The predicted molar refractivity (Wildman–Crippen MR) is 54.2 cm³/mol. The second-order valence-electron chi connectivity index (χ2n) is 3.89. The van der Waals surface area contributed by atoms with Crippen LogP contribution >= 0.6 is 11.6 Å². The van der Waals surface area contributed by atoms with Crippen LogP contribution in [0.4, 0.5) is 5.82 Å². The minimum Gasteiger partial charge on any atom is -0.361 e. The van der Waals surface area contributed by atoms with E-state index in [1.54, 1.807) is 12.1 Å². The summed E-state index contributed by atoms with van der Waals surface area (Å²) >= 11 is 5.85. The Labute approximate surface area is 83.4 Å². The Kier molecular flexibility index (Phi) is 2.58. The van der Waals surface area contributed by atoms with Crippen LogP contribution in [0.25, 0.3) is 4.85 Å². The minimum absolute atomic E-state index is 0.0651. The molecule has 2 nitrogen and oxygen atoms in total. The third-order valence-corrected chi connectivity index (χ3v) is 1.88. The summed E-state index contributed by atoms with van der Waals surface area (Å²) < 4.78 is 0. The second kappa shape index (κ2) is 3.35. The summed E-state index contributed by atoms with van der Waals surface area (Å²) in [6.45, 7) is 13.0. The van der Waals surface area contributed by atoms with Gasteiger partial charge in [-0.2, -0.15) is 0 Å². The lowest BCUT2D eigenvalue weighted by Gasteiger charge is -2.14. The fourth-order valence-corrected chi connectivity index (χ4v) is 1.13. The number of aromatic nitrogens is 1. The molecule has 0 unspecified atom stereocenters. The monoisotopic (exact) mass is 194 g/mol. The third-order valence-electron chi connectivity index (χ3n) is 1.66. The molecule has 0 aromatic carbocycles. The van der Waals surface area contributed by atoms with Crippen LogP contribution in [-0.4, -0.2) is 4.98 Å². The fourth-order valence-electron chi connectivity index (χ4n) is 0.925. The van der Waals surface area contributed by atoms with E-state index in [1.807, 2.05) is 20.8 Å². The first kappa shape index (κ1) is 10.0. The van der Waals surface area contributed by atoms with Crippen molar-refractivity contribution in [1.82, 2.24) is 4.98 Å². The number of pyridine rings is 1. The summed E-state index contributed by atoms with van der Waals surface area (Å²) in [5.74, 6) is 0.359. The van der Waals surface area contributed by atoms with E-state index in [0.29, 0.717) is 10.8 Å². The van der Waals surface area contributed by atoms with Gasteiger partial charge in [0.1, 0.15) is 5.69 Å². The van der Waals surface area contributed by atoms with Crippen molar-refractivity contribution in [3.05, 3.63) is 34.3 Å². The highest BCUT2D eigenvalue weighted by atomic mass is 35.5. The molecule has 13 heavy (non-hydrogen) atoms. The van der Waals surface area contributed by atoms with Crippen molar-refractivity contribution in [1.29, 1.82) is 0 Å². The quantitative estimate of drug-likeness (QED) is 0.577. The Bertz CT molecular complexity index is 358. The van der Waals surface area contributed by atoms with Crippen molar-refractivity contribution < 1.29 is 0 Å². The van der Waals surface area contributed by atoms with Gasteiger partial charge in [-0.3, -0.25) is 0 Å². The van der Waals surface area contributed by atoms with Crippen LogP contribution in [0.3, 0.4) is 0 Å². The number of nitrogens with zero attached hydrogens (tertiary/aromatic N) is 2. The summed E-state index contributed by atoms with van der Waals surface area (Å²) in [4.78, 5) is 7.44. The van der Waals surface area contributed by atoms with Gasteiger partial charge in [0.2, 0.25) is 0 Å². The van der Waals surface area contributed by atoms with E-state index in [0.717, 1.165) is 5.69 Å². The van der Waals surface area contributed by atoms with Crippen molar-refractivity contribution in [2.24, 2.45) is 0 Å². The molecule has 0 spiro atoms. The molecule has 0 aliphatic carbocycles. The number of hydrogen-bond donors (Lipinski definition) is 0. The van der Waals surface area contributed by atoms with E-state index in [1.165, 1.54) is 0 Å². The summed E-state index contributed by atoms with van der Waals surface area (Å²) in [5.41, 5.74) is 0.788. The lowest BCUT2D eigenvalue weighted by molar-refractivity contribution is 0.570. The van der Waals surface area contributed by atoms with Gasteiger partial charge in [-0.25, -0.2) is 0 Å². The van der Waals surface area contributed by atoms with Gasteiger partial charge in [0.05, 0.1) is 0 Å². The Balaban J connectivity index is 3.26. The van der Waals surface area contributed by atoms with Gasteiger partial charge in [0.15, 0.2) is 0 Å². The van der Waals surface area contributed by atoms with Crippen LogP contribution < -0.4 is 0 Å². The van der Waals surface area contributed by atoms with Gasteiger partial charge >= 0.3 is 0 Å². The van der Waals surface area contributed by atoms with Crippen LogP contribution in [-0.2, 0) is 5.41 Å². The molecule has 3 heteroatoms. The topological polar surface area (TPSA) is 17.2 Å². The molecule has 0 N–H and O–H groups in total. The largest absolute Gasteiger partial charge is 0.361 e. The van der Waals surface area contributed by atoms with E-state index in [4.69, 9.17) is 18.2 Å². The van der Waals surface area contributed by atoms with Crippen LogP contribution in [0.5, 0.6) is 0 Å². The molecule has 0 bridgehead atoms. The summed E-state index contributed by atoms with van der Waals surface area (Å²) in [7, 11) is 0. The maximum Gasteiger partial charge on any atom is 0.271 e. The summed E-state index contributed by atoms with van der Waals surface area (Å²) in [6, 6.07) is 3.38. The van der Waals surface area contributed by atoms with Crippen LogP contribution in [0.2, 0.25) is 5.02 Å². The molecule has 1 aromatic rings. The number of rotatable bonds is 0. The Morgan fingerprint density at radius 2 is 2.00 bits per heavy atom. The van der Waals surface area contributed by atoms with E-state index >= 15 is 0 Å². The van der Waals surface area contributed by atoms with Crippen LogP contribution in [0.1, 0.15) is 26.5 Å². The molecule has 0 amide bonds. The highest BCUT2D eigenvalue weighted by Crippen LogP contribution is 2.26. The first-order chi connectivity index (χ1) is 5.93. The molecule has 0 saturated carbocycles. The maximum atomic E-state index is 6.85. The summed E-state index contributed by atoms with van der Waals surface area (Å²) in [6.07, 6.45) is 0. The Hall–Kier alpha value is -1.07. The van der Waals surface area contributed by atoms with Gasteiger partial charge in [-0.05, 0) is 6.07 Å². The molecule has 0 saturated heterocycles. The number of halogens is 1. The molecule has 1 rings (SSSR count). The van der Waals surface area contributed by atoms with Crippen LogP contribution in [0.15, 0.2) is 12.1 Å². The van der Waals surface area contributed by atoms with Crippen molar-refractivity contribution in [2.45, 2.75) is 26.2 Å². The highest BCUT2D eigenvalue weighted by Gasteiger charge is 2.20. The fraction of sp³-hybridized carbons (Fsp3) is 0.400. The van der Waals surface area contributed by atoms with Crippen molar-refractivity contribution in [3.8, 4) is 0 Å². The molecular weight excluding hydrogens is 184 g/mol. The van der Waals surface area contributed by atoms with Crippen molar-refractivity contribution in [3.63, 3.8) is 0 Å². The van der Waals surface area contributed by atoms with E-state index in [9.17, 15) is 0 Å². The molecule has 1 heterocycles. The molecule has 0 radical (unpaired) electrons. The lowest BCUT2D eigenvalue weighted by Crippen LogP contribution is -2.12. The minimum atomic E-state index is -0.0651. The molecule has 1 aromatic heterocycles. The molecule has 0 aliphatic rings. The summed E-state index contributed by atoms with van der Waals surface area (Å²) in [5, 5.41) is 0.575. The van der Waals surface area contributed by atoms with Gasteiger partial charge in [0, 0.05) is 16.5 Å². The SMILES string of the molecule is [C-]#[N+]c1cc(Cl)cc(C(C)(C)C)n1. The Morgan fingerprint density at radius 1 is 1.38 bits per heavy atom. The van der Waals surface area contributed by atoms with Gasteiger partial charge in [0.25, 0.3) is 5.82 Å². The highest BCUT2D eigenvalue weighted by molar-refractivity contribution is 6.30. The maximum absolute atomic E-state index is 6.85. The van der Waals surface area contributed by atoms with E-state index < -0.39 is 0 Å². The molecule has 0 aliphatic heterocycles. The predicted octanol–water partition coefficient (Wildman–Crippen LogP) is 3.58. The van der Waals surface area contributed by atoms with Gasteiger partial charge < -0.3 is 4.85 Å². The lowest BCUT2D eigenvalue weighted by atomic mass is 9.92.